The molecule has 3 N–H and O–H groups in total. The molecule has 0 saturated carbocycles. The van der Waals surface area contributed by atoms with E-state index >= 15 is 0 Å². The molecule has 1 rings (SSSR count). The molecule has 0 unspecified atom stereocenters. The van der Waals surface area contributed by atoms with Crippen LogP contribution in [0.4, 0.5) is 10.5 Å². The van der Waals surface area contributed by atoms with Gasteiger partial charge in [0, 0.05) is 19.3 Å². The third-order valence-electron chi connectivity index (χ3n) is 2.64. The number of hydrogen-bond acceptors (Lipinski definition) is 3. The minimum atomic E-state index is -1.07. The number of carbonyl (C=O) groups excluding carboxylic acids is 2. The highest BCUT2D eigenvalue weighted by atomic mass is 16.4. The van der Waals surface area contributed by atoms with E-state index in [-0.39, 0.29) is 18.0 Å². The summed E-state index contributed by atoms with van der Waals surface area (Å²) in [6, 6.07) is 5.44. The van der Waals surface area contributed by atoms with Gasteiger partial charge in [0.1, 0.15) is 6.54 Å². The lowest BCUT2D eigenvalue weighted by atomic mass is 10.2. The summed E-state index contributed by atoms with van der Waals surface area (Å²) in [6.07, 6.45) is 0. The number of hydrogen-bond donors (Lipinski definition) is 3. The van der Waals surface area contributed by atoms with Gasteiger partial charge in [0.2, 0.25) is 5.91 Å². The average molecular weight is 279 g/mol. The number of nitrogens with one attached hydrogen (secondary N) is 2. The number of aromatic carboxylic acids is 1. The van der Waals surface area contributed by atoms with Crippen molar-refractivity contribution in [3.63, 3.8) is 0 Å². The lowest BCUT2D eigenvalue weighted by Gasteiger charge is -2.20. The number of benzene rings is 1. The number of rotatable bonds is 5. The molecule has 20 heavy (non-hydrogen) atoms. The van der Waals surface area contributed by atoms with Crippen molar-refractivity contribution >= 4 is 23.6 Å². The van der Waals surface area contributed by atoms with Crippen molar-refractivity contribution in [1.82, 2.24) is 10.2 Å². The average Bonchev–Trinajstić information content (AvgIpc) is 2.44. The topological polar surface area (TPSA) is 98.7 Å². The molecule has 0 fully saturated rings. The van der Waals surface area contributed by atoms with E-state index in [0.29, 0.717) is 12.2 Å². The second-order valence-electron chi connectivity index (χ2n) is 4.00. The maximum atomic E-state index is 12.0. The van der Waals surface area contributed by atoms with Gasteiger partial charge in [-0.1, -0.05) is 6.07 Å². The molecule has 0 aliphatic heterocycles. The Balaban J connectivity index is 2.75. The lowest BCUT2D eigenvalue weighted by molar-refractivity contribution is -0.121. The number of urea groups is 1. The molecular weight excluding hydrogens is 262 g/mol. The Morgan fingerprint density at radius 2 is 2.00 bits per heavy atom. The summed E-state index contributed by atoms with van der Waals surface area (Å²) in [5.74, 6) is -1.35. The van der Waals surface area contributed by atoms with Gasteiger partial charge in [0.25, 0.3) is 0 Å². The fourth-order valence-electron chi connectivity index (χ4n) is 1.51. The molecule has 0 aromatic heterocycles. The van der Waals surface area contributed by atoms with Crippen molar-refractivity contribution < 1.29 is 19.5 Å². The third-order valence-corrected chi connectivity index (χ3v) is 2.64. The van der Waals surface area contributed by atoms with Gasteiger partial charge in [-0.05, 0) is 25.1 Å². The van der Waals surface area contributed by atoms with E-state index in [9.17, 15) is 14.4 Å². The van der Waals surface area contributed by atoms with Gasteiger partial charge in [-0.3, -0.25) is 4.79 Å². The van der Waals surface area contributed by atoms with Crippen LogP contribution < -0.4 is 10.6 Å². The maximum absolute atomic E-state index is 12.0. The van der Waals surface area contributed by atoms with Gasteiger partial charge < -0.3 is 20.6 Å². The zero-order chi connectivity index (χ0) is 15.1. The number of carboxylic acids is 1. The van der Waals surface area contributed by atoms with Gasteiger partial charge >= 0.3 is 12.0 Å². The molecule has 7 heteroatoms. The monoisotopic (exact) mass is 279 g/mol. The summed E-state index contributed by atoms with van der Waals surface area (Å²) in [4.78, 5) is 35.4. The largest absolute Gasteiger partial charge is 0.478 e. The summed E-state index contributed by atoms with van der Waals surface area (Å²) in [7, 11) is 1.49. The molecule has 0 heterocycles. The summed E-state index contributed by atoms with van der Waals surface area (Å²) >= 11 is 0. The summed E-state index contributed by atoms with van der Waals surface area (Å²) < 4.78 is 0. The van der Waals surface area contributed by atoms with Crippen molar-refractivity contribution in [2.75, 3.05) is 25.5 Å². The van der Waals surface area contributed by atoms with Crippen LogP contribution in [0.2, 0.25) is 0 Å². The predicted octanol–water partition coefficient (Wildman–Crippen LogP) is 0.985. The second-order valence-corrected chi connectivity index (χ2v) is 4.00. The molecule has 7 nitrogen and oxygen atoms in total. The van der Waals surface area contributed by atoms with Gasteiger partial charge in [-0.15, -0.1) is 0 Å². The molecular formula is C13H17N3O4. The summed E-state index contributed by atoms with van der Waals surface area (Å²) in [5, 5.41) is 13.9. The minimum Gasteiger partial charge on any atom is -0.478 e. The van der Waals surface area contributed by atoms with Gasteiger partial charge in [-0.25, -0.2) is 9.59 Å². The fraction of sp³-hybridized carbons (Fsp3) is 0.308. The van der Waals surface area contributed by atoms with Crippen molar-refractivity contribution in [2.45, 2.75) is 6.92 Å². The van der Waals surface area contributed by atoms with Crippen LogP contribution in [0.1, 0.15) is 17.3 Å². The molecule has 0 radical (unpaired) electrons. The fourth-order valence-corrected chi connectivity index (χ4v) is 1.51. The number of amides is 3. The van der Waals surface area contributed by atoms with E-state index in [1.807, 2.05) is 0 Å². The Bertz CT molecular complexity index is 516. The van der Waals surface area contributed by atoms with Gasteiger partial charge in [-0.2, -0.15) is 0 Å². The zero-order valence-corrected chi connectivity index (χ0v) is 11.3. The first-order chi connectivity index (χ1) is 9.47. The highest BCUT2D eigenvalue weighted by molar-refractivity contribution is 5.94. The smallest absolute Gasteiger partial charge is 0.335 e. The van der Waals surface area contributed by atoms with Gasteiger partial charge in [0.05, 0.1) is 5.56 Å². The molecule has 108 valence electrons. The Morgan fingerprint density at radius 1 is 1.30 bits per heavy atom. The zero-order valence-electron chi connectivity index (χ0n) is 11.3. The van der Waals surface area contributed by atoms with Crippen LogP contribution in [0.15, 0.2) is 24.3 Å². The van der Waals surface area contributed by atoms with Gasteiger partial charge in [0.15, 0.2) is 0 Å². The second kappa shape index (κ2) is 7.13. The summed E-state index contributed by atoms with van der Waals surface area (Å²) in [5.41, 5.74) is 0.447. The Kier molecular flexibility index (Phi) is 5.52. The number of carboxylic acid groups (broad SMARTS) is 1. The highest BCUT2D eigenvalue weighted by Crippen LogP contribution is 2.11. The number of carbonyl (C=O) groups is 3. The van der Waals surface area contributed by atoms with E-state index < -0.39 is 12.0 Å². The van der Waals surface area contributed by atoms with Crippen molar-refractivity contribution in [3.8, 4) is 0 Å². The standard InChI is InChI=1S/C13H17N3O4/c1-3-16(8-11(17)14-2)13(20)15-10-6-4-5-9(7-10)12(18)19/h4-7H,3,8H2,1-2H3,(H,14,17)(H,15,20)(H,18,19). The van der Waals surface area contributed by atoms with E-state index in [1.165, 1.54) is 30.1 Å². The number of likely N-dealkylation sites (N-methyl/N-ethyl adjacent to an activating group) is 2. The molecule has 0 bridgehead atoms. The molecule has 1 aromatic carbocycles. The van der Waals surface area contributed by atoms with Crippen LogP contribution in [0.3, 0.4) is 0 Å². The van der Waals surface area contributed by atoms with Crippen LogP contribution in [-0.2, 0) is 4.79 Å². The molecule has 3 amide bonds. The van der Waals surface area contributed by atoms with Crippen LogP contribution in [0.5, 0.6) is 0 Å². The van der Waals surface area contributed by atoms with Crippen LogP contribution >= 0.6 is 0 Å². The van der Waals surface area contributed by atoms with E-state index in [1.54, 1.807) is 13.0 Å². The predicted molar refractivity (Wildman–Crippen MR) is 73.7 cm³/mol. The Morgan fingerprint density at radius 3 is 2.55 bits per heavy atom. The first kappa shape index (κ1) is 15.5. The molecule has 0 atom stereocenters. The number of nitrogens with zero attached hydrogens (tertiary/aromatic N) is 1. The van der Waals surface area contributed by atoms with Crippen molar-refractivity contribution in [2.24, 2.45) is 0 Å². The van der Waals surface area contributed by atoms with Crippen LogP contribution in [-0.4, -0.2) is 48.1 Å². The summed E-state index contributed by atoms with van der Waals surface area (Å²) in [6.45, 7) is 2.05. The van der Waals surface area contributed by atoms with Crippen LogP contribution in [0.25, 0.3) is 0 Å². The lowest BCUT2D eigenvalue weighted by Crippen LogP contribution is -2.41. The quantitative estimate of drug-likeness (QED) is 0.748. The van der Waals surface area contributed by atoms with Crippen LogP contribution in [0, 0.1) is 0 Å². The molecule has 0 aliphatic carbocycles. The molecule has 0 aliphatic rings. The minimum absolute atomic E-state index is 0.0581. The van der Waals surface area contributed by atoms with E-state index in [0.717, 1.165) is 0 Å². The molecule has 1 aromatic rings. The Hall–Kier alpha value is -2.57. The first-order valence-corrected chi connectivity index (χ1v) is 6.07. The third kappa shape index (κ3) is 4.27. The number of anilines is 1. The first-order valence-electron chi connectivity index (χ1n) is 6.07. The van der Waals surface area contributed by atoms with Crippen molar-refractivity contribution in [1.29, 1.82) is 0 Å². The normalized spacial score (nSPS) is 9.70. The Labute approximate surface area is 116 Å². The van der Waals surface area contributed by atoms with Crippen molar-refractivity contribution in [3.05, 3.63) is 29.8 Å². The molecule has 0 spiro atoms. The maximum Gasteiger partial charge on any atom is 0.335 e. The SMILES string of the molecule is CCN(CC(=O)NC)C(=O)Nc1cccc(C(=O)O)c1. The molecule has 0 saturated heterocycles. The highest BCUT2D eigenvalue weighted by Gasteiger charge is 2.15. The van der Waals surface area contributed by atoms with E-state index in [4.69, 9.17) is 5.11 Å². The van der Waals surface area contributed by atoms with E-state index in [2.05, 4.69) is 10.6 Å².